The molecule has 122 valence electrons. The van der Waals surface area contributed by atoms with Gasteiger partial charge in [-0.3, -0.25) is 4.79 Å². The lowest BCUT2D eigenvalue weighted by molar-refractivity contribution is 0.0770. The summed E-state index contributed by atoms with van der Waals surface area (Å²) in [4.78, 5) is 18.9. The molecule has 1 aliphatic rings. The van der Waals surface area contributed by atoms with Crippen molar-refractivity contribution in [3.63, 3.8) is 0 Å². The SMILES string of the molecule is Cc1ncsc1C(=O)N1CCC(c2ccccc2)S(=O)(=O)CC1. The van der Waals surface area contributed by atoms with Crippen LogP contribution in [0.3, 0.4) is 0 Å². The number of hydrogen-bond donors (Lipinski definition) is 0. The van der Waals surface area contributed by atoms with E-state index in [2.05, 4.69) is 4.98 Å². The summed E-state index contributed by atoms with van der Waals surface area (Å²) in [6.45, 7) is 2.47. The van der Waals surface area contributed by atoms with Crippen molar-refractivity contribution in [1.29, 1.82) is 0 Å². The van der Waals surface area contributed by atoms with Gasteiger partial charge < -0.3 is 4.90 Å². The Hall–Kier alpha value is -1.73. The molecule has 1 saturated heterocycles. The van der Waals surface area contributed by atoms with Gasteiger partial charge in [0.1, 0.15) is 4.88 Å². The van der Waals surface area contributed by atoms with Gasteiger partial charge in [-0.2, -0.15) is 0 Å². The molecule has 0 radical (unpaired) electrons. The fraction of sp³-hybridized carbons (Fsp3) is 0.375. The van der Waals surface area contributed by atoms with E-state index in [-0.39, 0.29) is 18.2 Å². The minimum atomic E-state index is -3.26. The topological polar surface area (TPSA) is 67.3 Å². The van der Waals surface area contributed by atoms with Gasteiger partial charge in [0.25, 0.3) is 5.91 Å². The minimum Gasteiger partial charge on any atom is -0.337 e. The maximum atomic E-state index is 12.6. The molecule has 1 unspecified atom stereocenters. The average Bonchev–Trinajstić information content (AvgIpc) is 2.89. The summed E-state index contributed by atoms with van der Waals surface area (Å²) in [5, 5.41) is -0.538. The van der Waals surface area contributed by atoms with Gasteiger partial charge in [-0.25, -0.2) is 13.4 Å². The number of carbonyl (C=O) groups is 1. The third-order valence-corrected chi connectivity index (χ3v) is 7.18. The number of nitrogens with zero attached hydrogens (tertiary/aromatic N) is 2. The number of amides is 1. The molecule has 1 fully saturated rings. The molecule has 5 nitrogen and oxygen atoms in total. The number of benzene rings is 1. The first kappa shape index (κ1) is 16.1. The Bertz CT molecular complexity index is 800. The highest BCUT2D eigenvalue weighted by atomic mass is 32.2. The molecule has 3 rings (SSSR count). The Labute approximate surface area is 139 Å². The third kappa shape index (κ3) is 3.30. The zero-order valence-corrected chi connectivity index (χ0v) is 14.4. The second-order valence-corrected chi connectivity index (χ2v) is 8.77. The Morgan fingerprint density at radius 2 is 2.00 bits per heavy atom. The van der Waals surface area contributed by atoms with E-state index in [9.17, 15) is 13.2 Å². The maximum absolute atomic E-state index is 12.6. The Morgan fingerprint density at radius 3 is 2.65 bits per heavy atom. The van der Waals surface area contributed by atoms with E-state index < -0.39 is 15.1 Å². The van der Waals surface area contributed by atoms with Gasteiger partial charge >= 0.3 is 0 Å². The van der Waals surface area contributed by atoms with Crippen LogP contribution in [0.1, 0.15) is 32.6 Å². The van der Waals surface area contributed by atoms with Crippen LogP contribution in [0.25, 0.3) is 0 Å². The van der Waals surface area contributed by atoms with Gasteiger partial charge in [-0.15, -0.1) is 11.3 Å². The van der Waals surface area contributed by atoms with Crippen molar-refractivity contribution < 1.29 is 13.2 Å². The summed E-state index contributed by atoms with van der Waals surface area (Å²) >= 11 is 1.30. The molecule has 1 aromatic heterocycles. The van der Waals surface area contributed by atoms with Crippen molar-refractivity contribution in [3.8, 4) is 0 Å². The summed E-state index contributed by atoms with van der Waals surface area (Å²) in [5.74, 6) is -0.121. The molecule has 2 heterocycles. The first-order valence-electron chi connectivity index (χ1n) is 7.45. The van der Waals surface area contributed by atoms with Gasteiger partial charge in [0.2, 0.25) is 0 Å². The van der Waals surface area contributed by atoms with E-state index >= 15 is 0 Å². The van der Waals surface area contributed by atoms with Crippen LogP contribution in [0.4, 0.5) is 0 Å². The highest BCUT2D eigenvalue weighted by Crippen LogP contribution is 2.30. The van der Waals surface area contributed by atoms with Crippen molar-refractivity contribution in [2.24, 2.45) is 0 Å². The summed E-state index contributed by atoms with van der Waals surface area (Å²) < 4.78 is 25.2. The third-order valence-electron chi connectivity index (χ3n) is 4.14. The molecule has 2 aromatic rings. The fourth-order valence-corrected chi connectivity index (χ4v) is 5.40. The zero-order valence-electron chi connectivity index (χ0n) is 12.8. The van der Waals surface area contributed by atoms with Crippen LogP contribution >= 0.6 is 11.3 Å². The Morgan fingerprint density at radius 1 is 1.26 bits per heavy atom. The van der Waals surface area contributed by atoms with Crippen LogP contribution in [-0.2, 0) is 9.84 Å². The van der Waals surface area contributed by atoms with Gasteiger partial charge in [0.15, 0.2) is 9.84 Å². The van der Waals surface area contributed by atoms with Gasteiger partial charge in [0.05, 0.1) is 22.2 Å². The smallest absolute Gasteiger partial charge is 0.265 e. The normalized spacial score (nSPS) is 20.9. The summed E-state index contributed by atoms with van der Waals surface area (Å²) in [5.41, 5.74) is 3.15. The number of thiazole rings is 1. The van der Waals surface area contributed by atoms with Crippen LogP contribution < -0.4 is 0 Å². The number of carbonyl (C=O) groups excluding carboxylic acids is 1. The molecule has 1 aromatic carbocycles. The molecular formula is C16H18N2O3S2. The van der Waals surface area contributed by atoms with Gasteiger partial charge in [0, 0.05) is 13.1 Å². The summed E-state index contributed by atoms with van der Waals surface area (Å²) in [6.07, 6.45) is 0.427. The molecule has 0 spiro atoms. The Kier molecular flexibility index (Phi) is 4.50. The van der Waals surface area contributed by atoms with Gasteiger partial charge in [-0.05, 0) is 18.9 Å². The van der Waals surface area contributed by atoms with E-state index in [4.69, 9.17) is 0 Å². The van der Waals surface area contributed by atoms with Crippen molar-refractivity contribution in [3.05, 3.63) is 52.0 Å². The molecule has 0 bridgehead atoms. The highest BCUT2D eigenvalue weighted by Gasteiger charge is 2.33. The molecule has 0 N–H and O–H groups in total. The zero-order chi connectivity index (χ0) is 16.4. The predicted molar refractivity (Wildman–Crippen MR) is 90.3 cm³/mol. The molecule has 1 atom stereocenters. The number of sulfone groups is 1. The number of rotatable bonds is 2. The molecule has 0 saturated carbocycles. The van der Waals surface area contributed by atoms with E-state index in [0.717, 1.165) is 5.56 Å². The van der Waals surface area contributed by atoms with Gasteiger partial charge in [-0.1, -0.05) is 30.3 Å². The van der Waals surface area contributed by atoms with E-state index in [0.29, 0.717) is 23.5 Å². The van der Waals surface area contributed by atoms with Crippen molar-refractivity contribution >= 4 is 27.1 Å². The molecule has 23 heavy (non-hydrogen) atoms. The number of hydrogen-bond acceptors (Lipinski definition) is 5. The van der Waals surface area contributed by atoms with Crippen LogP contribution in [0.2, 0.25) is 0 Å². The quantitative estimate of drug-likeness (QED) is 0.834. The lowest BCUT2D eigenvalue weighted by atomic mass is 10.1. The molecule has 0 aliphatic carbocycles. The number of aryl methyl sites for hydroxylation is 1. The number of aromatic nitrogens is 1. The molecule has 7 heteroatoms. The molecular weight excluding hydrogens is 332 g/mol. The molecule has 1 aliphatic heterocycles. The monoisotopic (exact) mass is 350 g/mol. The van der Waals surface area contributed by atoms with Crippen molar-refractivity contribution in [2.45, 2.75) is 18.6 Å². The van der Waals surface area contributed by atoms with E-state index in [1.807, 2.05) is 30.3 Å². The summed E-state index contributed by atoms with van der Waals surface area (Å²) in [7, 11) is -3.26. The Balaban J connectivity index is 1.83. The van der Waals surface area contributed by atoms with Crippen molar-refractivity contribution in [1.82, 2.24) is 9.88 Å². The van der Waals surface area contributed by atoms with Crippen molar-refractivity contribution in [2.75, 3.05) is 18.8 Å². The highest BCUT2D eigenvalue weighted by molar-refractivity contribution is 7.91. The second kappa shape index (κ2) is 6.41. The summed E-state index contributed by atoms with van der Waals surface area (Å²) in [6, 6.07) is 9.24. The van der Waals surface area contributed by atoms with Crippen LogP contribution in [0, 0.1) is 6.92 Å². The lowest BCUT2D eigenvalue weighted by Crippen LogP contribution is -2.33. The molecule has 1 amide bonds. The predicted octanol–water partition coefficient (Wildman–Crippen LogP) is 2.45. The first-order valence-corrected chi connectivity index (χ1v) is 10.0. The average molecular weight is 350 g/mol. The largest absolute Gasteiger partial charge is 0.337 e. The van der Waals surface area contributed by atoms with Crippen LogP contribution in [0.15, 0.2) is 35.8 Å². The minimum absolute atomic E-state index is 0.00382. The first-order chi connectivity index (χ1) is 11.0. The standard InChI is InChI=1S/C16H18N2O3S2/c1-12-15(22-11-17-12)16(19)18-8-7-14(23(20,21)10-9-18)13-5-3-2-4-6-13/h2-6,11,14H,7-10H2,1H3. The fourth-order valence-electron chi connectivity index (χ4n) is 2.84. The van der Waals surface area contributed by atoms with E-state index in [1.165, 1.54) is 11.3 Å². The lowest BCUT2D eigenvalue weighted by Gasteiger charge is -2.19. The maximum Gasteiger partial charge on any atom is 0.265 e. The second-order valence-electron chi connectivity index (χ2n) is 5.61. The van der Waals surface area contributed by atoms with Crippen LogP contribution in [0.5, 0.6) is 0 Å². The van der Waals surface area contributed by atoms with E-state index in [1.54, 1.807) is 17.3 Å². The van der Waals surface area contributed by atoms with Crippen LogP contribution in [-0.4, -0.2) is 43.1 Å².